The predicted molar refractivity (Wildman–Crippen MR) is 101 cm³/mol. The smallest absolute Gasteiger partial charge is 0.304 e. The molecule has 1 aliphatic heterocycles. The van der Waals surface area contributed by atoms with Crippen molar-refractivity contribution in [3.05, 3.63) is 63.1 Å². The second-order valence-corrected chi connectivity index (χ2v) is 8.01. The monoisotopic (exact) mass is 462 g/mol. The van der Waals surface area contributed by atoms with E-state index in [1.807, 2.05) is 12.1 Å². The van der Waals surface area contributed by atoms with Crippen molar-refractivity contribution >= 4 is 56.1 Å². The van der Waals surface area contributed by atoms with Crippen LogP contribution < -0.4 is 5.32 Å². The number of amides is 1. The van der Waals surface area contributed by atoms with Crippen molar-refractivity contribution in [3.63, 3.8) is 0 Å². The Hall–Kier alpha value is -1.51. The lowest BCUT2D eigenvalue weighted by atomic mass is 10.1. The van der Waals surface area contributed by atoms with Gasteiger partial charge < -0.3 is 5.32 Å². The molecule has 0 aliphatic carbocycles. The number of rotatable bonds is 3. The van der Waals surface area contributed by atoms with E-state index in [2.05, 4.69) is 26.2 Å². The summed E-state index contributed by atoms with van der Waals surface area (Å²) in [5.74, 6) is -0.306. The molecule has 0 aromatic heterocycles. The summed E-state index contributed by atoms with van der Waals surface area (Å²) in [6, 6.07) is 10.3. The van der Waals surface area contributed by atoms with Gasteiger partial charge in [-0.1, -0.05) is 39.3 Å². The molecular weight excluding hydrogens is 453 g/mol. The molecule has 2 aromatic rings. The highest BCUT2D eigenvalue weighted by Crippen LogP contribution is 2.34. The lowest BCUT2D eigenvalue weighted by Crippen LogP contribution is -2.26. The average molecular weight is 464 g/mol. The fourth-order valence-electron chi connectivity index (χ4n) is 2.33. The Bertz CT molecular complexity index is 871. The van der Waals surface area contributed by atoms with Crippen LogP contribution in [0.3, 0.4) is 0 Å². The van der Waals surface area contributed by atoms with Crippen LogP contribution in [-0.2, 0) is 17.4 Å². The first-order chi connectivity index (χ1) is 12.2. The van der Waals surface area contributed by atoms with E-state index in [9.17, 15) is 18.0 Å². The molecule has 1 heterocycles. The lowest BCUT2D eigenvalue weighted by Gasteiger charge is -2.12. The highest BCUT2D eigenvalue weighted by Gasteiger charge is 2.33. The summed E-state index contributed by atoms with van der Waals surface area (Å²) >= 11 is 10.5. The van der Waals surface area contributed by atoms with E-state index in [0.717, 1.165) is 16.6 Å². The molecule has 1 unspecified atom stereocenters. The van der Waals surface area contributed by atoms with E-state index < -0.39 is 17.0 Å². The number of halogens is 5. The molecule has 9 heteroatoms. The van der Waals surface area contributed by atoms with Gasteiger partial charge in [0.15, 0.2) is 5.17 Å². The number of carbonyl (C=O) groups excluding carboxylic acids is 1. The van der Waals surface area contributed by atoms with Crippen molar-refractivity contribution in [3.8, 4) is 0 Å². The van der Waals surface area contributed by atoms with Crippen LogP contribution in [0.5, 0.6) is 0 Å². The maximum absolute atomic E-state index is 12.9. The number of benzene rings is 2. The number of hydrogen-bond donors (Lipinski definition) is 1. The van der Waals surface area contributed by atoms with Crippen LogP contribution in [0.2, 0.25) is 5.02 Å². The largest absolute Gasteiger partial charge is 0.416 e. The molecule has 0 saturated carbocycles. The zero-order valence-corrected chi connectivity index (χ0v) is 16.1. The van der Waals surface area contributed by atoms with Gasteiger partial charge in [0.05, 0.1) is 16.5 Å². The Morgan fingerprint density at radius 1 is 1.19 bits per heavy atom. The van der Waals surface area contributed by atoms with Gasteiger partial charge in [0.2, 0.25) is 5.91 Å². The van der Waals surface area contributed by atoms with Crippen molar-refractivity contribution in [2.45, 2.75) is 17.8 Å². The minimum Gasteiger partial charge on any atom is -0.304 e. The average Bonchev–Trinajstić information content (AvgIpc) is 2.90. The zero-order chi connectivity index (χ0) is 18.9. The van der Waals surface area contributed by atoms with Gasteiger partial charge in [0.25, 0.3) is 0 Å². The number of amidine groups is 1. The third-order valence-electron chi connectivity index (χ3n) is 3.61. The third-order valence-corrected chi connectivity index (χ3v) is 5.59. The van der Waals surface area contributed by atoms with E-state index in [4.69, 9.17) is 11.6 Å². The number of carbonyl (C=O) groups is 1. The first-order valence-electron chi connectivity index (χ1n) is 7.40. The quantitative estimate of drug-likeness (QED) is 0.645. The topological polar surface area (TPSA) is 41.5 Å². The van der Waals surface area contributed by atoms with E-state index in [-0.39, 0.29) is 22.9 Å². The van der Waals surface area contributed by atoms with E-state index in [1.165, 1.54) is 17.8 Å². The number of alkyl halides is 3. The molecular formula is C17H11BrClF3N2OS. The molecule has 0 radical (unpaired) electrons. The van der Waals surface area contributed by atoms with Gasteiger partial charge >= 0.3 is 6.18 Å². The maximum Gasteiger partial charge on any atom is 0.416 e. The molecule has 1 amide bonds. The van der Waals surface area contributed by atoms with Crippen LogP contribution in [0.25, 0.3) is 0 Å². The number of aliphatic imine (C=N–C) groups is 1. The van der Waals surface area contributed by atoms with Gasteiger partial charge in [-0.3, -0.25) is 4.79 Å². The Labute approximate surface area is 165 Å². The van der Waals surface area contributed by atoms with Crippen LogP contribution in [0, 0.1) is 0 Å². The Morgan fingerprint density at radius 2 is 1.88 bits per heavy atom. The van der Waals surface area contributed by atoms with Gasteiger partial charge in [0, 0.05) is 9.50 Å². The van der Waals surface area contributed by atoms with E-state index in [0.29, 0.717) is 10.9 Å². The van der Waals surface area contributed by atoms with Crippen molar-refractivity contribution < 1.29 is 18.0 Å². The third kappa shape index (κ3) is 4.61. The number of thioether (sulfide) groups is 1. The highest BCUT2D eigenvalue weighted by molar-refractivity contribution is 9.10. The Kier molecular flexibility index (Phi) is 5.64. The number of nitrogens with one attached hydrogen (secondary N) is 1. The molecule has 0 bridgehead atoms. The zero-order valence-electron chi connectivity index (χ0n) is 13.0. The van der Waals surface area contributed by atoms with Crippen LogP contribution in [0.15, 0.2) is 51.9 Å². The van der Waals surface area contributed by atoms with Gasteiger partial charge in [-0.05, 0) is 54.4 Å². The van der Waals surface area contributed by atoms with Gasteiger partial charge in [-0.25, -0.2) is 4.99 Å². The molecule has 1 N–H and O–H groups in total. The number of hydrogen-bond acceptors (Lipinski definition) is 3. The Morgan fingerprint density at radius 3 is 2.54 bits per heavy atom. The normalized spacial score (nSPS) is 19.0. The van der Waals surface area contributed by atoms with Crippen molar-refractivity contribution in [2.24, 2.45) is 4.99 Å². The lowest BCUT2D eigenvalue weighted by molar-refractivity contribution is -0.137. The number of nitrogens with zero attached hydrogens (tertiary/aromatic N) is 1. The minimum absolute atomic E-state index is 0.0820. The SMILES string of the molecule is O=C1NC(=Nc2ccc(Br)cc2)SC1Cc1cc(C(F)(F)F)ccc1Cl. The minimum atomic E-state index is -4.46. The molecule has 26 heavy (non-hydrogen) atoms. The van der Waals surface area contributed by atoms with Crippen molar-refractivity contribution in [1.29, 1.82) is 0 Å². The second-order valence-electron chi connectivity index (χ2n) is 5.50. The maximum atomic E-state index is 12.9. The van der Waals surface area contributed by atoms with Crippen molar-refractivity contribution in [2.75, 3.05) is 0 Å². The van der Waals surface area contributed by atoms with Gasteiger partial charge in [-0.2, -0.15) is 13.2 Å². The van der Waals surface area contributed by atoms with Gasteiger partial charge in [0.1, 0.15) is 0 Å². The van der Waals surface area contributed by atoms with Crippen molar-refractivity contribution in [1.82, 2.24) is 5.32 Å². The molecule has 1 aliphatic rings. The Balaban J connectivity index is 1.77. The molecule has 2 aromatic carbocycles. The molecule has 1 atom stereocenters. The summed E-state index contributed by atoms with van der Waals surface area (Å²) in [6.45, 7) is 0. The summed E-state index contributed by atoms with van der Waals surface area (Å²) < 4.78 is 39.5. The predicted octanol–water partition coefficient (Wildman–Crippen LogP) is 5.58. The molecule has 3 nitrogen and oxygen atoms in total. The summed E-state index contributed by atoms with van der Waals surface area (Å²) in [6.07, 6.45) is -4.38. The van der Waals surface area contributed by atoms with Crippen LogP contribution in [-0.4, -0.2) is 16.3 Å². The first kappa shape index (κ1) is 19.3. The molecule has 0 spiro atoms. The fraction of sp³-hybridized carbons (Fsp3) is 0.176. The molecule has 1 saturated heterocycles. The summed E-state index contributed by atoms with van der Waals surface area (Å²) in [5, 5.41) is 2.66. The fourth-order valence-corrected chi connectivity index (χ4v) is 3.81. The summed E-state index contributed by atoms with van der Waals surface area (Å²) in [4.78, 5) is 16.5. The summed E-state index contributed by atoms with van der Waals surface area (Å²) in [7, 11) is 0. The van der Waals surface area contributed by atoms with E-state index in [1.54, 1.807) is 12.1 Å². The molecule has 3 rings (SSSR count). The standard InChI is InChI=1S/C17H11BrClF3N2OS/c18-11-2-4-12(5-3-11)23-16-24-15(25)14(26-16)8-9-7-10(17(20,21)22)1-6-13(9)19/h1-7,14H,8H2,(H,23,24,25). The molecule has 136 valence electrons. The highest BCUT2D eigenvalue weighted by atomic mass is 79.9. The van der Waals surface area contributed by atoms with E-state index >= 15 is 0 Å². The van der Waals surface area contributed by atoms with Gasteiger partial charge in [-0.15, -0.1) is 0 Å². The van der Waals surface area contributed by atoms with Crippen LogP contribution in [0.4, 0.5) is 18.9 Å². The first-order valence-corrected chi connectivity index (χ1v) is 9.45. The molecule has 1 fully saturated rings. The van der Waals surface area contributed by atoms with Crippen LogP contribution >= 0.6 is 39.3 Å². The summed E-state index contributed by atoms with van der Waals surface area (Å²) in [5.41, 5.74) is 0.150. The second kappa shape index (κ2) is 7.62. The van der Waals surface area contributed by atoms with Crippen LogP contribution in [0.1, 0.15) is 11.1 Å².